The van der Waals surface area contributed by atoms with Crippen LogP contribution < -0.4 is 10.1 Å². The molecular weight excluding hydrogens is 244 g/mol. The highest BCUT2D eigenvalue weighted by molar-refractivity contribution is 7.80. The lowest BCUT2D eigenvalue weighted by Crippen LogP contribution is -2.16. The lowest BCUT2D eigenvalue weighted by Gasteiger charge is -2.09. The van der Waals surface area contributed by atoms with Crippen molar-refractivity contribution in [3.63, 3.8) is 0 Å². The molecule has 2 aromatic carbocycles. The Morgan fingerprint density at radius 3 is 2.61 bits per heavy atom. The summed E-state index contributed by atoms with van der Waals surface area (Å²) in [4.78, 5) is 0. The lowest BCUT2D eigenvalue weighted by atomic mass is 10.2. The molecule has 0 fully saturated rings. The maximum absolute atomic E-state index is 8.79. The molecule has 0 unspecified atom stereocenters. The number of anilines is 1. The van der Waals surface area contributed by atoms with Crippen LogP contribution in [0.2, 0.25) is 0 Å². The number of para-hydroxylation sites is 1. The van der Waals surface area contributed by atoms with Crippen molar-refractivity contribution in [1.29, 1.82) is 5.26 Å². The molecule has 0 saturated carbocycles. The summed E-state index contributed by atoms with van der Waals surface area (Å²) in [6.45, 7) is 0. The Bertz CT molecular complexity index is 590. The average molecular weight is 254 g/mol. The van der Waals surface area contributed by atoms with Crippen LogP contribution in [-0.4, -0.2) is 5.17 Å². The third-order valence-corrected chi connectivity index (χ3v) is 2.38. The molecule has 0 spiro atoms. The molecule has 3 nitrogen and oxygen atoms in total. The first-order chi connectivity index (χ1) is 8.78. The van der Waals surface area contributed by atoms with Crippen molar-refractivity contribution >= 4 is 23.1 Å². The van der Waals surface area contributed by atoms with Gasteiger partial charge in [-0.3, -0.25) is 0 Å². The van der Waals surface area contributed by atoms with E-state index in [0.29, 0.717) is 11.3 Å². The van der Waals surface area contributed by atoms with E-state index in [2.05, 4.69) is 11.4 Å². The molecule has 0 aliphatic carbocycles. The van der Waals surface area contributed by atoms with Crippen molar-refractivity contribution in [2.75, 3.05) is 5.32 Å². The highest BCUT2D eigenvalue weighted by atomic mass is 32.1. The van der Waals surface area contributed by atoms with E-state index in [-0.39, 0.29) is 5.17 Å². The molecular formula is C14H10N2OS. The molecule has 0 aromatic heterocycles. The van der Waals surface area contributed by atoms with Crippen molar-refractivity contribution in [3.05, 3.63) is 60.2 Å². The van der Waals surface area contributed by atoms with Gasteiger partial charge in [0.1, 0.15) is 5.75 Å². The number of benzene rings is 2. The zero-order chi connectivity index (χ0) is 12.8. The first-order valence-electron chi connectivity index (χ1n) is 5.32. The third kappa shape index (κ3) is 3.30. The van der Waals surface area contributed by atoms with Gasteiger partial charge in [0.25, 0.3) is 5.17 Å². The van der Waals surface area contributed by atoms with Gasteiger partial charge in [-0.1, -0.05) is 24.3 Å². The minimum absolute atomic E-state index is 0.247. The number of nitriles is 1. The lowest BCUT2D eigenvalue weighted by molar-refractivity contribution is 0.563. The highest BCUT2D eigenvalue weighted by Crippen LogP contribution is 2.13. The van der Waals surface area contributed by atoms with Crippen LogP contribution in [0.25, 0.3) is 0 Å². The van der Waals surface area contributed by atoms with Crippen LogP contribution in [0.4, 0.5) is 5.69 Å². The fraction of sp³-hybridized carbons (Fsp3) is 0. The van der Waals surface area contributed by atoms with Crippen LogP contribution in [0.3, 0.4) is 0 Å². The van der Waals surface area contributed by atoms with E-state index in [1.54, 1.807) is 18.2 Å². The molecule has 4 heteroatoms. The van der Waals surface area contributed by atoms with Gasteiger partial charge in [0.15, 0.2) is 0 Å². The molecule has 0 amide bonds. The minimum atomic E-state index is 0.247. The third-order valence-electron chi connectivity index (χ3n) is 2.19. The molecule has 18 heavy (non-hydrogen) atoms. The van der Waals surface area contributed by atoms with Gasteiger partial charge in [0.05, 0.1) is 11.6 Å². The van der Waals surface area contributed by atoms with Crippen LogP contribution >= 0.6 is 12.2 Å². The quantitative estimate of drug-likeness (QED) is 0.835. The summed E-state index contributed by atoms with van der Waals surface area (Å²) in [5, 5.41) is 12.0. The number of nitrogens with one attached hydrogen (secondary N) is 1. The SMILES string of the molecule is N#Cc1cccc(NC(=S)Oc2ccccc2)c1. The van der Waals surface area contributed by atoms with Crippen molar-refractivity contribution in [2.24, 2.45) is 0 Å². The molecule has 2 rings (SSSR count). The normalized spacial score (nSPS) is 9.28. The zero-order valence-corrected chi connectivity index (χ0v) is 10.3. The monoisotopic (exact) mass is 254 g/mol. The molecule has 0 atom stereocenters. The summed E-state index contributed by atoms with van der Waals surface area (Å²) >= 11 is 5.08. The Kier molecular flexibility index (Phi) is 3.90. The molecule has 0 heterocycles. The molecule has 1 N–H and O–H groups in total. The van der Waals surface area contributed by atoms with Crippen LogP contribution in [0, 0.1) is 11.3 Å². The first-order valence-corrected chi connectivity index (χ1v) is 5.73. The summed E-state index contributed by atoms with van der Waals surface area (Å²) in [5.41, 5.74) is 1.30. The maximum atomic E-state index is 8.79. The van der Waals surface area contributed by atoms with Crippen molar-refractivity contribution in [3.8, 4) is 11.8 Å². The first kappa shape index (κ1) is 12.1. The summed E-state index contributed by atoms with van der Waals surface area (Å²) in [6, 6.07) is 18.4. The second kappa shape index (κ2) is 5.80. The van der Waals surface area contributed by atoms with Gasteiger partial charge in [0, 0.05) is 5.69 Å². The van der Waals surface area contributed by atoms with Gasteiger partial charge in [-0.05, 0) is 42.5 Å². The molecule has 0 aliphatic heterocycles. The summed E-state index contributed by atoms with van der Waals surface area (Å²) < 4.78 is 5.43. The fourth-order valence-corrected chi connectivity index (χ4v) is 1.62. The highest BCUT2D eigenvalue weighted by Gasteiger charge is 2.01. The average Bonchev–Trinajstić information content (AvgIpc) is 2.40. The van der Waals surface area contributed by atoms with Crippen LogP contribution in [0.15, 0.2) is 54.6 Å². The Labute approximate surface area is 111 Å². The van der Waals surface area contributed by atoms with E-state index in [9.17, 15) is 0 Å². The van der Waals surface area contributed by atoms with Gasteiger partial charge in [-0.2, -0.15) is 5.26 Å². The molecule has 0 aliphatic rings. The van der Waals surface area contributed by atoms with Crippen molar-refractivity contribution in [1.82, 2.24) is 0 Å². The molecule has 2 aromatic rings. The smallest absolute Gasteiger partial charge is 0.266 e. The molecule has 0 radical (unpaired) electrons. The van der Waals surface area contributed by atoms with Crippen LogP contribution in [-0.2, 0) is 0 Å². The van der Waals surface area contributed by atoms with E-state index in [1.807, 2.05) is 36.4 Å². The Hall–Kier alpha value is -2.38. The number of ether oxygens (including phenoxy) is 1. The number of hydrogen-bond acceptors (Lipinski definition) is 3. The van der Waals surface area contributed by atoms with Gasteiger partial charge in [-0.25, -0.2) is 0 Å². The predicted octanol–water partition coefficient (Wildman–Crippen LogP) is 3.33. The van der Waals surface area contributed by atoms with Crippen molar-refractivity contribution < 1.29 is 4.74 Å². The second-order valence-corrected chi connectivity index (χ2v) is 3.89. The number of hydrogen-bond donors (Lipinski definition) is 1. The minimum Gasteiger partial charge on any atom is -0.432 e. The second-order valence-electron chi connectivity index (χ2n) is 3.52. The summed E-state index contributed by atoms with van der Waals surface area (Å²) in [6.07, 6.45) is 0. The van der Waals surface area contributed by atoms with Crippen LogP contribution in [0.5, 0.6) is 5.75 Å². The molecule has 0 bridgehead atoms. The Balaban J connectivity index is 2.01. The fourth-order valence-electron chi connectivity index (χ4n) is 1.41. The van der Waals surface area contributed by atoms with Crippen LogP contribution in [0.1, 0.15) is 5.56 Å². The van der Waals surface area contributed by atoms with E-state index in [1.165, 1.54) is 0 Å². The van der Waals surface area contributed by atoms with E-state index in [4.69, 9.17) is 22.2 Å². The predicted molar refractivity (Wildman–Crippen MR) is 74.4 cm³/mol. The number of thiocarbonyl (C=S) groups is 1. The largest absolute Gasteiger partial charge is 0.432 e. The van der Waals surface area contributed by atoms with E-state index >= 15 is 0 Å². The van der Waals surface area contributed by atoms with Gasteiger partial charge < -0.3 is 10.1 Å². The summed E-state index contributed by atoms with van der Waals surface area (Å²) in [5.74, 6) is 0.673. The van der Waals surface area contributed by atoms with Gasteiger partial charge >= 0.3 is 0 Å². The number of nitrogens with zero attached hydrogens (tertiary/aromatic N) is 1. The van der Waals surface area contributed by atoms with Gasteiger partial charge in [0.2, 0.25) is 0 Å². The van der Waals surface area contributed by atoms with Crippen molar-refractivity contribution in [2.45, 2.75) is 0 Å². The standard InChI is InChI=1S/C14H10N2OS/c15-10-11-5-4-6-12(9-11)16-14(18)17-13-7-2-1-3-8-13/h1-9H,(H,16,18). The topological polar surface area (TPSA) is 45.0 Å². The van der Waals surface area contributed by atoms with E-state index in [0.717, 1.165) is 5.69 Å². The maximum Gasteiger partial charge on any atom is 0.266 e. The zero-order valence-electron chi connectivity index (χ0n) is 9.46. The summed E-state index contributed by atoms with van der Waals surface area (Å²) in [7, 11) is 0. The van der Waals surface area contributed by atoms with E-state index < -0.39 is 0 Å². The van der Waals surface area contributed by atoms with Gasteiger partial charge in [-0.15, -0.1) is 0 Å². The molecule has 88 valence electrons. The molecule has 0 saturated heterocycles. The Morgan fingerprint density at radius 2 is 1.89 bits per heavy atom. The Morgan fingerprint density at radius 1 is 1.11 bits per heavy atom. The number of rotatable bonds is 2.